The molecule has 1 aromatic carbocycles. The topological polar surface area (TPSA) is 92.9 Å². The lowest BCUT2D eigenvalue weighted by atomic mass is 10.2. The summed E-state index contributed by atoms with van der Waals surface area (Å²) < 4.78 is 10.5. The number of carbonyl (C=O) groups is 2. The number of hydrogen-bond acceptors (Lipinski definition) is 7. The molecule has 158 valence electrons. The molecular weight excluding hydrogens is 372 g/mol. The van der Waals surface area contributed by atoms with Crippen molar-refractivity contribution in [2.24, 2.45) is 15.0 Å². The van der Waals surface area contributed by atoms with E-state index in [0.717, 1.165) is 5.69 Å². The van der Waals surface area contributed by atoms with Crippen LogP contribution in [-0.4, -0.2) is 62.5 Å². The van der Waals surface area contributed by atoms with E-state index >= 15 is 0 Å². The number of anilines is 1. The Labute approximate surface area is 172 Å². The number of ether oxygens (including phenoxy) is 2. The number of amides is 1. The van der Waals surface area contributed by atoms with Crippen LogP contribution in [0.3, 0.4) is 0 Å². The molecule has 1 atom stereocenters. The fraction of sp³-hybridized carbons (Fsp3) is 0.476. The van der Waals surface area contributed by atoms with Gasteiger partial charge in [0.1, 0.15) is 19.2 Å². The van der Waals surface area contributed by atoms with Crippen LogP contribution in [0.1, 0.15) is 34.6 Å². The van der Waals surface area contributed by atoms with Crippen LogP contribution in [-0.2, 0) is 19.1 Å². The first-order valence-electron chi connectivity index (χ1n) is 9.74. The van der Waals surface area contributed by atoms with Crippen molar-refractivity contribution >= 4 is 41.6 Å². The van der Waals surface area contributed by atoms with E-state index in [1.165, 1.54) is 0 Å². The molecule has 0 radical (unpaired) electrons. The zero-order valence-corrected chi connectivity index (χ0v) is 17.8. The number of esters is 1. The van der Waals surface area contributed by atoms with Crippen LogP contribution in [0.25, 0.3) is 0 Å². The lowest BCUT2D eigenvalue weighted by molar-refractivity contribution is -0.136. The fourth-order valence-electron chi connectivity index (χ4n) is 2.39. The average Bonchev–Trinajstić information content (AvgIpc) is 2.74. The van der Waals surface area contributed by atoms with Crippen molar-refractivity contribution in [3.05, 3.63) is 24.3 Å². The summed E-state index contributed by atoms with van der Waals surface area (Å²) >= 11 is 0. The number of carbonyl (C=O) groups excluding carboxylic acids is 2. The van der Waals surface area contributed by atoms with Gasteiger partial charge in [-0.1, -0.05) is 13.8 Å². The van der Waals surface area contributed by atoms with Crippen LogP contribution < -0.4 is 4.90 Å². The Hall–Kier alpha value is -2.87. The van der Waals surface area contributed by atoms with Crippen LogP contribution in [0.15, 0.2) is 39.2 Å². The third kappa shape index (κ3) is 7.95. The Balaban J connectivity index is 0.00000204. The Morgan fingerprint density at radius 2 is 1.93 bits per heavy atom. The molecule has 1 saturated heterocycles. The second kappa shape index (κ2) is 13.3. The van der Waals surface area contributed by atoms with Gasteiger partial charge in [-0.15, -0.1) is 0 Å². The molecule has 1 aliphatic heterocycles. The lowest BCUT2D eigenvalue weighted by Crippen LogP contribution is -2.41. The summed E-state index contributed by atoms with van der Waals surface area (Å²) in [5, 5.41) is 0. The van der Waals surface area contributed by atoms with Gasteiger partial charge >= 0.3 is 5.97 Å². The Morgan fingerprint density at radius 3 is 2.52 bits per heavy atom. The SMILES string of the molecule is CC.CC=NCC(=Nc1ccc(N2CCOCC2=O)cc1)OC(=O)C(C)N=CC. The summed E-state index contributed by atoms with van der Waals surface area (Å²) in [6.45, 7) is 10.4. The zero-order valence-electron chi connectivity index (χ0n) is 17.8. The lowest BCUT2D eigenvalue weighted by Gasteiger charge is -2.26. The summed E-state index contributed by atoms with van der Waals surface area (Å²) in [7, 11) is 0. The van der Waals surface area contributed by atoms with Crippen molar-refractivity contribution in [2.45, 2.75) is 40.7 Å². The molecule has 1 heterocycles. The maximum Gasteiger partial charge on any atom is 0.337 e. The van der Waals surface area contributed by atoms with Crippen molar-refractivity contribution in [3.63, 3.8) is 0 Å². The fourth-order valence-corrected chi connectivity index (χ4v) is 2.39. The first-order chi connectivity index (χ1) is 14.0. The van der Waals surface area contributed by atoms with E-state index in [2.05, 4.69) is 15.0 Å². The molecule has 2 rings (SSSR count). The van der Waals surface area contributed by atoms with Gasteiger partial charge in [0.15, 0.2) is 0 Å². The number of rotatable bonds is 6. The molecule has 1 unspecified atom stereocenters. The Bertz CT molecular complexity index is 742. The minimum Gasteiger partial charge on any atom is -0.408 e. The van der Waals surface area contributed by atoms with E-state index in [4.69, 9.17) is 9.47 Å². The molecule has 0 aliphatic carbocycles. The highest BCUT2D eigenvalue weighted by molar-refractivity contribution is 5.96. The van der Waals surface area contributed by atoms with Gasteiger partial charge in [-0.25, -0.2) is 9.79 Å². The molecule has 0 saturated carbocycles. The second-order valence-corrected chi connectivity index (χ2v) is 5.72. The van der Waals surface area contributed by atoms with Crippen molar-refractivity contribution in [1.82, 2.24) is 0 Å². The van der Waals surface area contributed by atoms with Gasteiger partial charge in [0.25, 0.3) is 5.91 Å². The summed E-state index contributed by atoms with van der Waals surface area (Å²) in [6, 6.07) is 6.51. The third-order valence-electron chi connectivity index (χ3n) is 3.74. The minimum absolute atomic E-state index is 0.0742. The number of nitrogens with zero attached hydrogens (tertiary/aromatic N) is 4. The molecule has 1 aromatic rings. The molecule has 0 bridgehead atoms. The molecule has 0 spiro atoms. The van der Waals surface area contributed by atoms with E-state index in [0.29, 0.717) is 18.8 Å². The molecule has 0 N–H and O–H groups in total. The van der Waals surface area contributed by atoms with Gasteiger partial charge in [0, 0.05) is 12.2 Å². The van der Waals surface area contributed by atoms with E-state index in [1.54, 1.807) is 62.4 Å². The normalized spacial score (nSPS) is 16.0. The average molecular weight is 402 g/mol. The molecule has 1 amide bonds. The standard InChI is InChI=1S/C19H24N4O4.C2H6/c1-4-20-12-17(27-19(25)14(3)21-5-2)22-15-6-8-16(9-7-15)23-10-11-26-13-18(23)24;1-2/h4-9,14H,10-13H2,1-3H3;1-2H3. The molecule has 1 fully saturated rings. The smallest absolute Gasteiger partial charge is 0.337 e. The second-order valence-electron chi connectivity index (χ2n) is 5.72. The molecule has 1 aliphatic rings. The van der Waals surface area contributed by atoms with E-state index in [-0.39, 0.29) is 25.0 Å². The maximum absolute atomic E-state index is 12.1. The summed E-state index contributed by atoms with van der Waals surface area (Å²) in [5.41, 5.74) is 1.37. The Morgan fingerprint density at radius 1 is 1.24 bits per heavy atom. The number of aliphatic imine (C=N–C) groups is 3. The van der Waals surface area contributed by atoms with Gasteiger partial charge < -0.3 is 14.4 Å². The first-order valence-corrected chi connectivity index (χ1v) is 9.74. The molecule has 29 heavy (non-hydrogen) atoms. The van der Waals surface area contributed by atoms with Crippen molar-refractivity contribution in [2.75, 3.05) is 31.2 Å². The highest BCUT2D eigenvalue weighted by Crippen LogP contribution is 2.21. The van der Waals surface area contributed by atoms with Crippen LogP contribution >= 0.6 is 0 Å². The summed E-state index contributed by atoms with van der Waals surface area (Å²) in [5.74, 6) is -0.380. The largest absolute Gasteiger partial charge is 0.408 e. The van der Waals surface area contributed by atoms with Gasteiger partial charge in [-0.05, 0) is 57.5 Å². The monoisotopic (exact) mass is 402 g/mol. The summed E-state index contributed by atoms with van der Waals surface area (Å²) in [4.78, 5) is 38.1. The molecule has 8 nitrogen and oxygen atoms in total. The number of morpholine rings is 1. The number of hydrogen-bond donors (Lipinski definition) is 0. The van der Waals surface area contributed by atoms with E-state index in [9.17, 15) is 9.59 Å². The van der Waals surface area contributed by atoms with Gasteiger partial charge in [-0.3, -0.25) is 14.8 Å². The minimum atomic E-state index is -0.611. The quantitative estimate of drug-likeness (QED) is 0.415. The van der Waals surface area contributed by atoms with Crippen LogP contribution in [0, 0.1) is 0 Å². The first kappa shape index (κ1) is 24.2. The summed E-state index contributed by atoms with van der Waals surface area (Å²) in [6.07, 6.45) is 3.17. The van der Waals surface area contributed by atoms with Crippen molar-refractivity contribution in [3.8, 4) is 0 Å². The van der Waals surface area contributed by atoms with Gasteiger partial charge in [0.2, 0.25) is 5.90 Å². The van der Waals surface area contributed by atoms with Crippen LogP contribution in [0.5, 0.6) is 0 Å². The van der Waals surface area contributed by atoms with Crippen molar-refractivity contribution in [1.29, 1.82) is 0 Å². The molecule has 0 aromatic heterocycles. The van der Waals surface area contributed by atoms with Gasteiger partial charge in [-0.2, -0.15) is 0 Å². The van der Waals surface area contributed by atoms with Crippen LogP contribution in [0.4, 0.5) is 11.4 Å². The predicted octanol–water partition coefficient (Wildman–Crippen LogP) is 3.22. The Kier molecular flexibility index (Phi) is 11.1. The molecular formula is C21H30N4O4. The third-order valence-corrected chi connectivity index (χ3v) is 3.74. The van der Waals surface area contributed by atoms with Crippen molar-refractivity contribution < 1.29 is 19.1 Å². The highest BCUT2D eigenvalue weighted by Gasteiger charge is 2.20. The van der Waals surface area contributed by atoms with E-state index in [1.807, 2.05) is 13.8 Å². The predicted molar refractivity (Wildman–Crippen MR) is 117 cm³/mol. The molecule has 8 heteroatoms. The van der Waals surface area contributed by atoms with Gasteiger partial charge in [0.05, 0.1) is 12.3 Å². The van der Waals surface area contributed by atoms with Crippen LogP contribution in [0.2, 0.25) is 0 Å². The number of benzene rings is 1. The zero-order chi connectivity index (χ0) is 21.6. The highest BCUT2D eigenvalue weighted by atomic mass is 16.5. The van der Waals surface area contributed by atoms with E-state index < -0.39 is 12.0 Å². The maximum atomic E-state index is 12.1.